The predicted molar refractivity (Wildman–Crippen MR) is 201 cm³/mol. The topological polar surface area (TPSA) is 55.8 Å². The molecule has 0 rings (SSSR count). The van der Waals surface area contributed by atoms with Crippen molar-refractivity contribution in [2.24, 2.45) is 0 Å². The molecule has 272 valence electrons. The number of carbonyl (C=O) groups is 1. The Balaban J connectivity index is 3.42. The molecule has 4 nitrogen and oxygen atoms in total. The van der Waals surface area contributed by atoms with Crippen molar-refractivity contribution in [1.82, 2.24) is 0 Å². The van der Waals surface area contributed by atoms with Gasteiger partial charge in [-0.3, -0.25) is 4.79 Å². The van der Waals surface area contributed by atoms with Gasteiger partial charge in [-0.15, -0.1) is 0 Å². The molecule has 0 saturated heterocycles. The maximum Gasteiger partial charge on any atom is 0.306 e. The minimum absolute atomic E-state index is 0.172. The molecule has 1 N–H and O–H groups in total. The third-order valence-electron chi connectivity index (χ3n) is 9.03. The van der Waals surface area contributed by atoms with Crippen LogP contribution >= 0.6 is 0 Å². The molecule has 4 heteroatoms. The van der Waals surface area contributed by atoms with Crippen LogP contribution in [0.1, 0.15) is 213 Å². The van der Waals surface area contributed by atoms with Gasteiger partial charge in [-0.1, -0.05) is 186 Å². The molecule has 0 aliphatic rings. The third kappa shape index (κ3) is 37.3. The summed E-state index contributed by atoms with van der Waals surface area (Å²) in [7, 11) is 0. The van der Waals surface area contributed by atoms with E-state index in [-0.39, 0.29) is 12.6 Å². The van der Waals surface area contributed by atoms with Gasteiger partial charge in [0, 0.05) is 13.0 Å². The van der Waals surface area contributed by atoms with Gasteiger partial charge in [0.1, 0.15) is 6.10 Å². The van der Waals surface area contributed by atoms with E-state index in [4.69, 9.17) is 9.47 Å². The number of carbonyl (C=O) groups excluding carboxylic acids is 1. The molecule has 0 bridgehead atoms. The highest BCUT2D eigenvalue weighted by atomic mass is 16.6. The first-order valence-corrected chi connectivity index (χ1v) is 20.4. The number of aliphatic hydroxyl groups is 1. The minimum atomic E-state index is -0.535. The maximum atomic E-state index is 12.2. The molecule has 0 radical (unpaired) electrons. The van der Waals surface area contributed by atoms with Crippen molar-refractivity contribution in [3.05, 3.63) is 24.3 Å². The van der Waals surface area contributed by atoms with Crippen LogP contribution in [0.2, 0.25) is 0 Å². The van der Waals surface area contributed by atoms with Crippen LogP contribution < -0.4 is 0 Å². The van der Waals surface area contributed by atoms with Gasteiger partial charge in [0.25, 0.3) is 0 Å². The summed E-state index contributed by atoms with van der Waals surface area (Å²) >= 11 is 0. The van der Waals surface area contributed by atoms with Gasteiger partial charge in [-0.2, -0.15) is 0 Å². The van der Waals surface area contributed by atoms with E-state index in [0.717, 1.165) is 25.7 Å². The highest BCUT2D eigenvalue weighted by molar-refractivity contribution is 5.69. The van der Waals surface area contributed by atoms with E-state index >= 15 is 0 Å². The molecule has 1 unspecified atom stereocenters. The molecule has 0 heterocycles. The largest absolute Gasteiger partial charge is 0.457 e. The highest BCUT2D eigenvalue weighted by Crippen LogP contribution is 2.15. The summed E-state index contributed by atoms with van der Waals surface area (Å²) in [4.78, 5) is 12.2. The Hall–Kier alpha value is -1.13. The van der Waals surface area contributed by atoms with Gasteiger partial charge in [0.2, 0.25) is 0 Å². The van der Waals surface area contributed by atoms with Crippen LogP contribution in [0.25, 0.3) is 0 Å². The number of rotatable bonds is 38. The van der Waals surface area contributed by atoms with Crippen LogP contribution in [0, 0.1) is 0 Å². The summed E-state index contributed by atoms with van der Waals surface area (Å²) in [6.45, 7) is 5.33. The Morgan fingerprint density at radius 2 is 0.913 bits per heavy atom. The number of unbranched alkanes of at least 4 members (excludes halogenated alkanes) is 26. The Kier molecular flexibility index (Phi) is 39.1. The molecule has 0 fully saturated rings. The fraction of sp³-hybridized carbons (Fsp3) is 0.881. The Labute approximate surface area is 288 Å². The lowest BCUT2D eigenvalue weighted by molar-refractivity contribution is -0.154. The minimum Gasteiger partial charge on any atom is -0.457 e. The van der Waals surface area contributed by atoms with Crippen molar-refractivity contribution < 1.29 is 19.4 Å². The van der Waals surface area contributed by atoms with Crippen molar-refractivity contribution >= 4 is 5.97 Å². The predicted octanol–water partition coefficient (Wildman–Crippen LogP) is 13.2. The zero-order valence-corrected chi connectivity index (χ0v) is 31.1. The molecular formula is C42H80O4. The van der Waals surface area contributed by atoms with E-state index in [1.54, 1.807) is 0 Å². The van der Waals surface area contributed by atoms with Crippen LogP contribution in [0.4, 0.5) is 0 Å². The quantitative estimate of drug-likeness (QED) is 0.0411. The fourth-order valence-corrected chi connectivity index (χ4v) is 5.95. The average molecular weight is 649 g/mol. The van der Waals surface area contributed by atoms with Crippen LogP contribution in [0.15, 0.2) is 24.3 Å². The van der Waals surface area contributed by atoms with Gasteiger partial charge in [-0.25, -0.2) is 0 Å². The SMILES string of the molecule is CCCCCC/C=C\C/C=C\CCCCCCCCOCC(CO)OC(=O)CCCCCCCCCCCCCCCCCCC. The summed E-state index contributed by atoms with van der Waals surface area (Å²) in [5.74, 6) is -0.201. The van der Waals surface area contributed by atoms with Crippen LogP contribution in [0.3, 0.4) is 0 Å². The Morgan fingerprint density at radius 1 is 0.522 bits per heavy atom. The van der Waals surface area contributed by atoms with Crippen LogP contribution in [-0.4, -0.2) is 37.0 Å². The molecule has 0 saturated carbocycles. The zero-order chi connectivity index (χ0) is 33.4. The van der Waals surface area contributed by atoms with Crippen molar-refractivity contribution in [1.29, 1.82) is 0 Å². The van der Waals surface area contributed by atoms with E-state index in [9.17, 15) is 9.90 Å². The Bertz CT molecular complexity index is 644. The smallest absolute Gasteiger partial charge is 0.306 e. The zero-order valence-electron chi connectivity index (χ0n) is 31.1. The Morgan fingerprint density at radius 3 is 1.37 bits per heavy atom. The van der Waals surface area contributed by atoms with E-state index in [1.165, 1.54) is 167 Å². The molecule has 0 amide bonds. The molecule has 0 aromatic heterocycles. The normalized spacial score (nSPS) is 12.5. The van der Waals surface area contributed by atoms with Crippen LogP contribution in [-0.2, 0) is 14.3 Å². The molecule has 1 atom stereocenters. The van der Waals surface area contributed by atoms with E-state index < -0.39 is 6.10 Å². The first kappa shape index (κ1) is 44.9. The first-order valence-electron chi connectivity index (χ1n) is 20.4. The lowest BCUT2D eigenvalue weighted by Gasteiger charge is -2.15. The van der Waals surface area contributed by atoms with E-state index in [1.807, 2.05) is 0 Å². The molecular weight excluding hydrogens is 568 g/mol. The lowest BCUT2D eigenvalue weighted by Crippen LogP contribution is -2.27. The second kappa shape index (κ2) is 40.0. The molecule has 0 aliphatic heterocycles. The third-order valence-corrected chi connectivity index (χ3v) is 9.03. The van der Waals surface area contributed by atoms with Crippen molar-refractivity contribution in [3.63, 3.8) is 0 Å². The monoisotopic (exact) mass is 649 g/mol. The summed E-state index contributed by atoms with van der Waals surface area (Å²) in [6, 6.07) is 0. The summed E-state index contributed by atoms with van der Waals surface area (Å²) in [5.41, 5.74) is 0. The number of aliphatic hydroxyl groups excluding tert-OH is 1. The van der Waals surface area contributed by atoms with E-state index in [2.05, 4.69) is 38.2 Å². The van der Waals surface area contributed by atoms with Gasteiger partial charge >= 0.3 is 5.97 Å². The van der Waals surface area contributed by atoms with Gasteiger partial charge in [-0.05, 0) is 44.9 Å². The van der Waals surface area contributed by atoms with Gasteiger partial charge < -0.3 is 14.6 Å². The molecule has 0 aromatic rings. The second-order valence-corrected chi connectivity index (χ2v) is 13.7. The summed E-state index contributed by atoms with van der Waals surface area (Å²) in [5, 5.41) is 9.58. The number of ether oxygens (including phenoxy) is 2. The fourth-order valence-electron chi connectivity index (χ4n) is 5.95. The summed E-state index contributed by atoms with van der Waals surface area (Å²) < 4.78 is 11.1. The summed E-state index contributed by atoms with van der Waals surface area (Å²) in [6.07, 6.45) is 48.0. The van der Waals surface area contributed by atoms with Crippen LogP contribution in [0.5, 0.6) is 0 Å². The molecule has 46 heavy (non-hydrogen) atoms. The maximum absolute atomic E-state index is 12.2. The van der Waals surface area contributed by atoms with E-state index in [0.29, 0.717) is 19.6 Å². The average Bonchev–Trinajstić information content (AvgIpc) is 3.06. The number of hydrogen-bond acceptors (Lipinski definition) is 4. The number of esters is 1. The van der Waals surface area contributed by atoms with Crippen molar-refractivity contribution in [2.45, 2.75) is 219 Å². The van der Waals surface area contributed by atoms with Crippen molar-refractivity contribution in [2.75, 3.05) is 19.8 Å². The first-order chi connectivity index (χ1) is 22.7. The molecule has 0 aromatic carbocycles. The molecule has 0 aliphatic carbocycles. The second-order valence-electron chi connectivity index (χ2n) is 13.7. The van der Waals surface area contributed by atoms with Crippen molar-refractivity contribution in [3.8, 4) is 0 Å². The molecule has 0 spiro atoms. The van der Waals surface area contributed by atoms with Gasteiger partial charge in [0.15, 0.2) is 0 Å². The standard InChI is InChI=1S/C42H80O4/c1-3-5-7-9-11-13-15-17-19-21-23-25-27-29-31-33-35-37-42(44)46-41(39-43)40-45-38-36-34-32-30-28-26-24-22-20-18-16-14-12-10-8-6-4-2/h14,16,20,22,41,43H,3-13,15,17-19,21,23-40H2,1-2H3/b16-14-,22-20-. The highest BCUT2D eigenvalue weighted by Gasteiger charge is 2.13. The lowest BCUT2D eigenvalue weighted by atomic mass is 10.0. The van der Waals surface area contributed by atoms with Gasteiger partial charge in [0.05, 0.1) is 13.2 Å². The number of allylic oxidation sites excluding steroid dienone is 4. The number of hydrogen-bond donors (Lipinski definition) is 1.